The topological polar surface area (TPSA) is 58.2 Å². The average molecular weight is 749 g/mol. The molecule has 2 N–H and O–H groups in total. The minimum absolute atomic E-state index is 0.128. The second-order valence-corrected chi connectivity index (χ2v) is 11.0. The molecule has 0 atom stereocenters. The molecule has 0 aliphatic rings. The van der Waals surface area contributed by atoms with Crippen LogP contribution in [0.25, 0.3) is 0 Å². The van der Waals surface area contributed by atoms with Gasteiger partial charge in [-0.1, -0.05) is 77.0 Å². The summed E-state index contributed by atoms with van der Waals surface area (Å²) in [5.41, 5.74) is 0. The van der Waals surface area contributed by atoms with E-state index in [0.29, 0.717) is 38.5 Å². The lowest BCUT2D eigenvalue weighted by Gasteiger charge is -2.33. The SMILES string of the molecule is O=C(CCCCCCCCCCCCCCCCC(=O)NC(F)(F)C(F)(F)C(F)(F)C(F)(F)F)NC(F)(F)C(F)(F)C(F)(F)C(F)(F)F. The molecule has 0 radical (unpaired) electrons. The molecule has 0 bridgehead atoms. The van der Waals surface area contributed by atoms with Crippen molar-refractivity contribution in [2.75, 3.05) is 0 Å². The molecule has 286 valence electrons. The van der Waals surface area contributed by atoms with Gasteiger partial charge < -0.3 is 0 Å². The quantitative estimate of drug-likeness (QED) is 0.0621. The first-order valence-corrected chi connectivity index (χ1v) is 14.5. The number of amides is 2. The van der Waals surface area contributed by atoms with Crippen molar-refractivity contribution < 1.29 is 88.6 Å². The van der Waals surface area contributed by atoms with E-state index < -0.39 is 72.8 Å². The van der Waals surface area contributed by atoms with Crippen LogP contribution < -0.4 is 10.6 Å². The maximum Gasteiger partial charge on any atom is 0.460 e. The van der Waals surface area contributed by atoms with Gasteiger partial charge >= 0.3 is 48.1 Å². The number of rotatable bonds is 23. The molecule has 22 heteroatoms. The molecule has 2 amide bonds. The molecule has 0 rings (SSSR count). The second-order valence-electron chi connectivity index (χ2n) is 11.0. The molecule has 4 nitrogen and oxygen atoms in total. The van der Waals surface area contributed by atoms with E-state index in [9.17, 15) is 88.6 Å². The number of alkyl halides is 18. The summed E-state index contributed by atoms with van der Waals surface area (Å²) >= 11 is 0. The molecule has 0 aromatic rings. The van der Waals surface area contributed by atoms with Crippen molar-refractivity contribution in [3.63, 3.8) is 0 Å². The van der Waals surface area contributed by atoms with Crippen molar-refractivity contribution in [1.29, 1.82) is 0 Å². The van der Waals surface area contributed by atoms with Crippen molar-refractivity contribution in [3.8, 4) is 0 Å². The van der Waals surface area contributed by atoms with Gasteiger partial charge in [-0.3, -0.25) is 20.2 Å². The van der Waals surface area contributed by atoms with Gasteiger partial charge in [-0.05, 0) is 12.8 Å². The van der Waals surface area contributed by atoms with Crippen molar-refractivity contribution in [2.45, 2.75) is 151 Å². The predicted molar refractivity (Wildman–Crippen MR) is 132 cm³/mol. The zero-order valence-corrected chi connectivity index (χ0v) is 24.9. The Bertz CT molecular complexity index is 918. The number of hydrogen-bond donors (Lipinski definition) is 2. The molecule has 48 heavy (non-hydrogen) atoms. The van der Waals surface area contributed by atoms with Gasteiger partial charge in [0.15, 0.2) is 0 Å². The number of carbonyl (C=O) groups is 2. The predicted octanol–water partition coefficient (Wildman–Crippen LogP) is 10.3. The normalized spacial score (nSPS) is 14.3. The smallest absolute Gasteiger partial charge is 0.292 e. The molecule has 0 spiro atoms. The maximum atomic E-state index is 13.4. The molecular formula is C26H34F18N2O2. The van der Waals surface area contributed by atoms with E-state index in [1.165, 1.54) is 0 Å². The molecular weight excluding hydrogens is 714 g/mol. The van der Waals surface area contributed by atoms with Crippen LogP contribution in [0.4, 0.5) is 79.0 Å². The van der Waals surface area contributed by atoms with Crippen LogP contribution in [-0.2, 0) is 9.59 Å². The van der Waals surface area contributed by atoms with Crippen molar-refractivity contribution in [3.05, 3.63) is 0 Å². The summed E-state index contributed by atoms with van der Waals surface area (Å²) in [7, 11) is 0. The lowest BCUT2D eigenvalue weighted by molar-refractivity contribution is -0.399. The Morgan fingerprint density at radius 1 is 0.312 bits per heavy atom. The lowest BCUT2D eigenvalue weighted by Crippen LogP contribution is -2.66. The van der Waals surface area contributed by atoms with Crippen LogP contribution in [0.3, 0.4) is 0 Å². The summed E-state index contributed by atoms with van der Waals surface area (Å²) in [6.07, 6.45) is -8.65. The van der Waals surface area contributed by atoms with E-state index in [1.807, 2.05) is 0 Å². The molecule has 0 saturated carbocycles. The standard InChI is InChI=1S/C26H34F18N2O2/c27-19(28,23(35,36)37)21(31,32)25(41,42)45-17(47)15-13-11-9-7-5-3-1-2-4-6-8-10-12-14-16-18(48)46-26(43,44)22(33,34)20(29,30)24(38,39)40/h1-16H2,(H,45,47)(H,46,48). The molecule has 0 aliphatic carbocycles. The zero-order chi connectivity index (χ0) is 37.9. The van der Waals surface area contributed by atoms with E-state index >= 15 is 0 Å². The summed E-state index contributed by atoms with van der Waals surface area (Å²) in [5, 5.41) is 0.465. The Hall–Kier alpha value is -2.32. The molecule has 0 fully saturated rings. The highest BCUT2D eigenvalue weighted by atomic mass is 19.4. The van der Waals surface area contributed by atoms with Gasteiger partial charge in [0, 0.05) is 12.8 Å². The third kappa shape index (κ3) is 12.2. The van der Waals surface area contributed by atoms with Gasteiger partial charge in [-0.25, -0.2) is 0 Å². The third-order valence-electron chi connectivity index (χ3n) is 6.94. The Morgan fingerprint density at radius 2 is 0.500 bits per heavy atom. The van der Waals surface area contributed by atoms with Crippen LogP contribution in [0.5, 0.6) is 0 Å². The van der Waals surface area contributed by atoms with Crippen molar-refractivity contribution in [1.82, 2.24) is 10.6 Å². The molecule has 0 aromatic carbocycles. The minimum atomic E-state index is -7.11. The van der Waals surface area contributed by atoms with Gasteiger partial charge in [-0.15, -0.1) is 0 Å². The fraction of sp³-hybridized carbons (Fsp3) is 0.923. The highest BCUT2D eigenvalue weighted by molar-refractivity contribution is 5.76. The first kappa shape index (κ1) is 45.7. The molecule has 0 aliphatic heterocycles. The number of unbranched alkanes of at least 4 members (excludes halogenated alkanes) is 13. The van der Waals surface area contributed by atoms with Gasteiger partial charge in [0.1, 0.15) is 0 Å². The molecule has 0 aromatic heterocycles. The summed E-state index contributed by atoms with van der Waals surface area (Å²) in [6, 6.07) is -12.3. The first-order chi connectivity index (χ1) is 21.5. The third-order valence-corrected chi connectivity index (χ3v) is 6.94. The summed E-state index contributed by atoms with van der Waals surface area (Å²) < 4.78 is 230. The van der Waals surface area contributed by atoms with E-state index in [4.69, 9.17) is 0 Å². The first-order valence-electron chi connectivity index (χ1n) is 14.5. The summed E-state index contributed by atoms with van der Waals surface area (Å²) in [5.74, 6) is -31.8. The molecule has 0 heterocycles. The van der Waals surface area contributed by atoms with Crippen LogP contribution in [0, 0.1) is 0 Å². The van der Waals surface area contributed by atoms with E-state index in [-0.39, 0.29) is 36.3 Å². The van der Waals surface area contributed by atoms with Gasteiger partial charge in [-0.2, -0.15) is 79.0 Å². The Morgan fingerprint density at radius 3 is 0.688 bits per heavy atom. The van der Waals surface area contributed by atoms with Crippen LogP contribution >= 0.6 is 0 Å². The van der Waals surface area contributed by atoms with Crippen molar-refractivity contribution in [2.24, 2.45) is 0 Å². The monoisotopic (exact) mass is 748 g/mol. The van der Waals surface area contributed by atoms with Crippen LogP contribution in [0.1, 0.15) is 103 Å². The maximum absolute atomic E-state index is 13.4. The fourth-order valence-corrected chi connectivity index (χ4v) is 4.07. The number of hydrogen-bond acceptors (Lipinski definition) is 2. The number of carbonyl (C=O) groups excluding carboxylic acids is 2. The number of halogens is 18. The fourth-order valence-electron chi connectivity index (χ4n) is 4.07. The van der Waals surface area contributed by atoms with Gasteiger partial charge in [0.25, 0.3) is 0 Å². The second kappa shape index (κ2) is 17.6. The minimum Gasteiger partial charge on any atom is -0.292 e. The summed E-state index contributed by atoms with van der Waals surface area (Å²) in [6.45, 7) is 0. The van der Waals surface area contributed by atoms with Crippen LogP contribution in [0.15, 0.2) is 0 Å². The lowest BCUT2D eigenvalue weighted by atomic mass is 10.0. The highest BCUT2D eigenvalue weighted by Gasteiger charge is 2.83. The molecule has 0 unspecified atom stereocenters. The summed E-state index contributed by atoms with van der Waals surface area (Å²) in [4.78, 5) is 22.8. The van der Waals surface area contributed by atoms with Gasteiger partial charge in [0.05, 0.1) is 0 Å². The van der Waals surface area contributed by atoms with Gasteiger partial charge in [0.2, 0.25) is 11.8 Å². The average Bonchev–Trinajstić information content (AvgIpc) is 2.90. The largest absolute Gasteiger partial charge is 0.460 e. The van der Waals surface area contributed by atoms with Crippen molar-refractivity contribution >= 4 is 11.8 Å². The Kier molecular flexibility index (Phi) is 16.7. The Balaban J connectivity index is 3.99. The van der Waals surface area contributed by atoms with E-state index in [1.54, 1.807) is 0 Å². The Labute approximate surface area is 262 Å². The van der Waals surface area contributed by atoms with E-state index in [0.717, 1.165) is 25.7 Å². The number of nitrogens with one attached hydrogen (secondary N) is 2. The zero-order valence-electron chi connectivity index (χ0n) is 24.9. The van der Waals surface area contributed by atoms with Crippen LogP contribution in [0.2, 0.25) is 0 Å². The van der Waals surface area contributed by atoms with E-state index in [2.05, 4.69) is 0 Å². The molecule has 0 saturated heterocycles. The van der Waals surface area contributed by atoms with Crippen LogP contribution in [-0.4, -0.2) is 60.0 Å². The highest BCUT2D eigenvalue weighted by Crippen LogP contribution is 2.53.